The number of aliphatic hydroxyl groups is 1. The molecule has 0 radical (unpaired) electrons. The maximum absolute atomic E-state index is 12.8. The van der Waals surface area contributed by atoms with Crippen molar-refractivity contribution in [2.24, 2.45) is 0 Å². The standard InChI is InChI=1S/C44H83N2O6P/c1-6-8-10-12-14-16-18-20-22-24-25-27-29-31-33-35-37-43(47)42(41-52-53(49,50)51-40-39-46(3,4)5)45-44(48)38-36-34-32-30-28-26-23-21-19-17-15-13-11-9-7-2/h17,19-20,22,27,29,35,37,42-43,47H,6-16,18,21,23-26,28,30-34,36,38-41H2,1-5H3,(H-,45,48,49,50)/p+1/b19-17-,22-20+,29-27+,37-35+. The number of likely N-dealkylation sites (N-methyl/N-ethyl adjacent to an activating group) is 1. The summed E-state index contributed by atoms with van der Waals surface area (Å²) >= 11 is 0. The number of hydrogen-bond donors (Lipinski definition) is 3. The minimum atomic E-state index is -4.35. The van der Waals surface area contributed by atoms with Crippen molar-refractivity contribution in [3.05, 3.63) is 48.6 Å². The lowest BCUT2D eigenvalue weighted by Gasteiger charge is -2.25. The fourth-order valence-corrected chi connectivity index (χ4v) is 6.51. The second-order valence-corrected chi connectivity index (χ2v) is 17.1. The van der Waals surface area contributed by atoms with Crippen molar-refractivity contribution >= 4 is 13.7 Å². The third-order valence-corrected chi connectivity index (χ3v) is 10.2. The number of carbonyl (C=O) groups excluding carboxylic acids is 1. The lowest BCUT2D eigenvalue weighted by atomic mass is 10.1. The van der Waals surface area contributed by atoms with Crippen molar-refractivity contribution in [2.75, 3.05) is 40.9 Å². The fourth-order valence-electron chi connectivity index (χ4n) is 5.77. The highest BCUT2D eigenvalue weighted by atomic mass is 31.2. The Morgan fingerprint density at radius 3 is 1.53 bits per heavy atom. The Morgan fingerprint density at radius 1 is 0.623 bits per heavy atom. The van der Waals surface area contributed by atoms with E-state index in [0.717, 1.165) is 44.9 Å². The average molecular weight is 768 g/mol. The second kappa shape index (κ2) is 36.1. The van der Waals surface area contributed by atoms with Crippen molar-refractivity contribution in [2.45, 2.75) is 187 Å². The molecule has 0 heterocycles. The zero-order valence-corrected chi connectivity index (χ0v) is 35.9. The van der Waals surface area contributed by atoms with Crippen molar-refractivity contribution in [1.82, 2.24) is 5.32 Å². The maximum atomic E-state index is 12.8. The molecule has 53 heavy (non-hydrogen) atoms. The van der Waals surface area contributed by atoms with Crippen molar-refractivity contribution < 1.29 is 32.9 Å². The fraction of sp³-hybridized carbons (Fsp3) is 0.795. The molecule has 0 aliphatic carbocycles. The van der Waals surface area contributed by atoms with Crippen LogP contribution in [-0.2, 0) is 18.4 Å². The first-order valence-electron chi connectivity index (χ1n) is 21.5. The molecule has 1 amide bonds. The van der Waals surface area contributed by atoms with E-state index in [1.54, 1.807) is 6.08 Å². The number of rotatable bonds is 38. The van der Waals surface area contributed by atoms with Crippen LogP contribution >= 0.6 is 7.82 Å². The number of allylic oxidation sites excluding steroid dienone is 7. The molecule has 0 aromatic rings. The first kappa shape index (κ1) is 51.5. The Hall–Kier alpha value is -1.54. The van der Waals surface area contributed by atoms with Crippen molar-refractivity contribution in [1.29, 1.82) is 0 Å². The molecule has 3 unspecified atom stereocenters. The van der Waals surface area contributed by atoms with E-state index < -0.39 is 20.0 Å². The normalized spacial score (nSPS) is 14.9. The summed E-state index contributed by atoms with van der Waals surface area (Å²) < 4.78 is 23.5. The van der Waals surface area contributed by atoms with Crippen LogP contribution in [0, 0.1) is 0 Å². The van der Waals surface area contributed by atoms with Gasteiger partial charge in [-0.05, 0) is 70.6 Å². The van der Waals surface area contributed by atoms with Crippen LogP contribution < -0.4 is 5.32 Å². The van der Waals surface area contributed by atoms with Gasteiger partial charge in [-0.3, -0.25) is 13.8 Å². The van der Waals surface area contributed by atoms with Gasteiger partial charge in [-0.2, -0.15) is 0 Å². The van der Waals surface area contributed by atoms with Gasteiger partial charge < -0.3 is 19.8 Å². The Balaban J connectivity index is 4.55. The first-order valence-corrected chi connectivity index (χ1v) is 23.0. The van der Waals surface area contributed by atoms with E-state index in [9.17, 15) is 19.4 Å². The summed E-state index contributed by atoms with van der Waals surface area (Å²) in [6.07, 6.45) is 44.6. The van der Waals surface area contributed by atoms with Gasteiger partial charge in [-0.25, -0.2) is 4.57 Å². The molecule has 0 aliphatic heterocycles. The molecule has 8 nitrogen and oxygen atoms in total. The molecule has 0 rings (SSSR count). The molecule has 0 spiro atoms. The molecule has 0 saturated heterocycles. The smallest absolute Gasteiger partial charge is 0.387 e. The van der Waals surface area contributed by atoms with Gasteiger partial charge in [0.05, 0.1) is 39.9 Å². The van der Waals surface area contributed by atoms with Gasteiger partial charge >= 0.3 is 7.82 Å². The molecule has 0 aliphatic rings. The van der Waals surface area contributed by atoms with E-state index in [1.807, 2.05) is 27.2 Å². The highest BCUT2D eigenvalue weighted by molar-refractivity contribution is 7.47. The van der Waals surface area contributed by atoms with E-state index in [4.69, 9.17) is 9.05 Å². The van der Waals surface area contributed by atoms with Crippen molar-refractivity contribution in [3.63, 3.8) is 0 Å². The molecule has 3 N–H and O–H groups in total. The Labute approximate surface area is 327 Å². The number of aliphatic hydroxyl groups excluding tert-OH is 1. The Morgan fingerprint density at radius 2 is 1.04 bits per heavy atom. The second-order valence-electron chi connectivity index (χ2n) is 15.7. The van der Waals surface area contributed by atoms with Gasteiger partial charge in [0.25, 0.3) is 0 Å². The summed E-state index contributed by atoms with van der Waals surface area (Å²) in [5.41, 5.74) is 0. The van der Waals surface area contributed by atoms with Crippen LogP contribution in [0.2, 0.25) is 0 Å². The third-order valence-electron chi connectivity index (χ3n) is 9.25. The van der Waals surface area contributed by atoms with E-state index >= 15 is 0 Å². The molecule has 0 bridgehead atoms. The number of unbranched alkanes of at least 4 members (excludes halogenated alkanes) is 19. The van der Waals surface area contributed by atoms with Crippen LogP contribution in [0.15, 0.2) is 48.6 Å². The SMILES string of the molecule is CCCCCC/C=C\CCCCCCCCCC(=O)NC(COP(=O)(O)OCC[N+](C)(C)C)C(O)/C=C/CC/C=C/CC/C=C/CCCCCCCC. The van der Waals surface area contributed by atoms with Crippen LogP contribution in [0.25, 0.3) is 0 Å². The topological polar surface area (TPSA) is 105 Å². The largest absolute Gasteiger partial charge is 0.472 e. The zero-order valence-electron chi connectivity index (χ0n) is 35.0. The van der Waals surface area contributed by atoms with E-state index in [0.29, 0.717) is 17.4 Å². The molecular formula is C44H84N2O6P+. The van der Waals surface area contributed by atoms with E-state index in [2.05, 4.69) is 55.6 Å². The monoisotopic (exact) mass is 768 g/mol. The minimum absolute atomic E-state index is 0.0516. The summed E-state index contributed by atoms with van der Waals surface area (Å²) in [7, 11) is 1.54. The average Bonchev–Trinajstić information content (AvgIpc) is 3.10. The van der Waals surface area contributed by atoms with Gasteiger partial charge in [-0.1, -0.05) is 146 Å². The summed E-state index contributed by atoms with van der Waals surface area (Å²) in [6, 6.07) is -0.870. The molecule has 310 valence electrons. The highest BCUT2D eigenvalue weighted by Gasteiger charge is 2.27. The van der Waals surface area contributed by atoms with Gasteiger partial charge in [0, 0.05) is 6.42 Å². The highest BCUT2D eigenvalue weighted by Crippen LogP contribution is 2.43. The van der Waals surface area contributed by atoms with Crippen LogP contribution in [0.3, 0.4) is 0 Å². The van der Waals surface area contributed by atoms with Crippen LogP contribution in [0.1, 0.15) is 174 Å². The minimum Gasteiger partial charge on any atom is -0.387 e. The molecule has 0 fully saturated rings. The van der Waals surface area contributed by atoms with Gasteiger partial charge in [0.2, 0.25) is 5.91 Å². The predicted octanol–water partition coefficient (Wildman–Crippen LogP) is 11.7. The number of amides is 1. The summed E-state index contributed by atoms with van der Waals surface area (Å²) in [5, 5.41) is 13.8. The number of phosphoric ester groups is 1. The van der Waals surface area contributed by atoms with Crippen LogP contribution in [0.4, 0.5) is 0 Å². The zero-order chi connectivity index (χ0) is 39.3. The van der Waals surface area contributed by atoms with Gasteiger partial charge in [-0.15, -0.1) is 0 Å². The van der Waals surface area contributed by atoms with Gasteiger partial charge in [0.1, 0.15) is 13.2 Å². The number of quaternary nitrogens is 1. The molecule has 9 heteroatoms. The van der Waals surface area contributed by atoms with Crippen molar-refractivity contribution in [3.8, 4) is 0 Å². The maximum Gasteiger partial charge on any atom is 0.472 e. The number of hydrogen-bond acceptors (Lipinski definition) is 5. The number of carbonyl (C=O) groups is 1. The van der Waals surface area contributed by atoms with E-state index in [1.165, 1.54) is 109 Å². The van der Waals surface area contributed by atoms with Gasteiger partial charge in [0.15, 0.2) is 0 Å². The van der Waals surface area contributed by atoms with E-state index in [-0.39, 0.29) is 19.1 Å². The number of nitrogens with zero attached hydrogens (tertiary/aromatic N) is 1. The lowest BCUT2D eigenvalue weighted by Crippen LogP contribution is -2.45. The quantitative estimate of drug-likeness (QED) is 0.0250. The summed E-state index contributed by atoms with van der Waals surface area (Å²) in [5.74, 6) is -0.199. The first-order chi connectivity index (χ1) is 25.5. The Bertz CT molecular complexity index is 1010. The molecule has 0 saturated carbocycles. The number of nitrogens with one attached hydrogen (secondary N) is 1. The molecular weight excluding hydrogens is 683 g/mol. The summed E-state index contributed by atoms with van der Waals surface area (Å²) in [6.45, 7) is 4.74. The number of phosphoric acid groups is 1. The molecule has 0 aromatic carbocycles. The third kappa shape index (κ3) is 38.5. The van der Waals surface area contributed by atoms with Crippen LogP contribution in [0.5, 0.6) is 0 Å². The van der Waals surface area contributed by atoms with Crippen LogP contribution in [-0.4, -0.2) is 73.4 Å². The summed E-state index contributed by atoms with van der Waals surface area (Å²) in [4.78, 5) is 23.1. The predicted molar refractivity (Wildman–Crippen MR) is 226 cm³/mol. The molecule has 3 atom stereocenters. The lowest BCUT2D eigenvalue weighted by molar-refractivity contribution is -0.870. The Kier molecular flexibility index (Phi) is 35.1. The molecule has 0 aromatic heterocycles.